The Labute approximate surface area is 129 Å². The third-order valence-electron chi connectivity index (χ3n) is 5.29. The van der Waals surface area contributed by atoms with Crippen molar-refractivity contribution in [2.75, 3.05) is 11.9 Å². The van der Waals surface area contributed by atoms with Crippen LogP contribution in [0.4, 0.5) is 5.69 Å². The van der Waals surface area contributed by atoms with Crippen molar-refractivity contribution in [3.8, 4) is 0 Å². The first-order valence-corrected chi connectivity index (χ1v) is 8.64. The smallest absolute Gasteiger partial charge is 0.0342 e. The van der Waals surface area contributed by atoms with E-state index in [-0.39, 0.29) is 5.41 Å². The topological polar surface area (TPSA) is 24.1 Å². The van der Waals surface area contributed by atoms with Gasteiger partial charge >= 0.3 is 0 Å². The minimum atomic E-state index is 0.238. The number of anilines is 1. The van der Waals surface area contributed by atoms with Crippen LogP contribution < -0.4 is 10.6 Å². The molecule has 0 bridgehead atoms. The van der Waals surface area contributed by atoms with Crippen molar-refractivity contribution in [1.29, 1.82) is 0 Å². The molecule has 21 heavy (non-hydrogen) atoms. The van der Waals surface area contributed by atoms with E-state index in [1.54, 1.807) is 0 Å². The lowest BCUT2D eigenvalue weighted by molar-refractivity contribution is 0.376. The molecule has 3 unspecified atom stereocenters. The Balaban J connectivity index is 1.65. The number of hydrogen-bond donors (Lipinski definition) is 2. The van der Waals surface area contributed by atoms with Crippen LogP contribution in [-0.4, -0.2) is 18.6 Å². The van der Waals surface area contributed by atoms with Gasteiger partial charge in [0.2, 0.25) is 0 Å². The molecular weight excluding hydrogens is 256 g/mol. The van der Waals surface area contributed by atoms with E-state index in [9.17, 15) is 0 Å². The second kappa shape index (κ2) is 6.00. The highest BCUT2D eigenvalue weighted by Crippen LogP contribution is 2.34. The predicted octanol–water partition coefficient (Wildman–Crippen LogP) is 4.32. The second-order valence-electron chi connectivity index (χ2n) is 7.88. The zero-order valence-corrected chi connectivity index (χ0v) is 13.8. The lowest BCUT2D eigenvalue weighted by Crippen LogP contribution is -2.38. The van der Waals surface area contributed by atoms with Crippen LogP contribution in [0.1, 0.15) is 58.4 Å². The molecule has 1 aromatic rings. The first kappa shape index (κ1) is 14.9. The van der Waals surface area contributed by atoms with E-state index in [0.717, 1.165) is 12.0 Å². The van der Waals surface area contributed by atoms with Gasteiger partial charge in [0, 0.05) is 17.8 Å². The third-order valence-corrected chi connectivity index (χ3v) is 5.29. The van der Waals surface area contributed by atoms with Gasteiger partial charge in [0.05, 0.1) is 0 Å². The average Bonchev–Trinajstić information content (AvgIpc) is 3.08. The fourth-order valence-electron chi connectivity index (χ4n) is 4.01. The van der Waals surface area contributed by atoms with E-state index in [1.165, 1.54) is 49.9 Å². The molecule has 2 N–H and O–H groups in total. The van der Waals surface area contributed by atoms with E-state index in [0.29, 0.717) is 6.04 Å². The number of benzene rings is 1. The molecule has 1 aromatic carbocycles. The molecule has 0 spiro atoms. The van der Waals surface area contributed by atoms with Crippen molar-refractivity contribution in [2.45, 2.75) is 70.4 Å². The second-order valence-corrected chi connectivity index (χ2v) is 7.88. The number of hydrogen-bond acceptors (Lipinski definition) is 2. The van der Waals surface area contributed by atoms with Gasteiger partial charge in [0.1, 0.15) is 0 Å². The summed E-state index contributed by atoms with van der Waals surface area (Å²) in [5.41, 5.74) is 2.94. The van der Waals surface area contributed by atoms with E-state index < -0.39 is 0 Å². The summed E-state index contributed by atoms with van der Waals surface area (Å²) in [6.07, 6.45) is 6.81. The molecule has 116 valence electrons. The molecule has 3 atom stereocenters. The van der Waals surface area contributed by atoms with Crippen LogP contribution in [0.2, 0.25) is 0 Å². The molecule has 2 fully saturated rings. The molecular formula is C19H30N2. The third kappa shape index (κ3) is 3.42. The summed E-state index contributed by atoms with van der Waals surface area (Å²) in [7, 11) is 0. The summed E-state index contributed by atoms with van der Waals surface area (Å²) >= 11 is 0. The van der Waals surface area contributed by atoms with Crippen LogP contribution in [0.25, 0.3) is 0 Å². The fourth-order valence-corrected chi connectivity index (χ4v) is 4.01. The largest absolute Gasteiger partial charge is 0.382 e. The first-order valence-electron chi connectivity index (χ1n) is 8.64. The maximum absolute atomic E-state index is 3.81. The highest BCUT2D eigenvalue weighted by Gasteiger charge is 2.34. The lowest BCUT2D eigenvalue weighted by atomic mass is 9.87. The Morgan fingerprint density at radius 3 is 2.38 bits per heavy atom. The normalized spacial score (nSPS) is 29.8. The summed E-state index contributed by atoms with van der Waals surface area (Å²) in [6.45, 7) is 8.03. The Kier molecular flexibility index (Phi) is 4.26. The maximum atomic E-state index is 3.81. The predicted molar refractivity (Wildman–Crippen MR) is 90.9 cm³/mol. The van der Waals surface area contributed by atoms with Crippen LogP contribution in [0, 0.1) is 5.92 Å². The maximum Gasteiger partial charge on any atom is 0.0342 e. The number of rotatable bonds is 3. The zero-order chi connectivity index (χ0) is 14.9. The molecule has 1 aliphatic heterocycles. The van der Waals surface area contributed by atoms with Crippen LogP contribution in [-0.2, 0) is 5.41 Å². The van der Waals surface area contributed by atoms with Gasteiger partial charge < -0.3 is 10.6 Å². The van der Waals surface area contributed by atoms with E-state index in [1.807, 2.05) is 0 Å². The van der Waals surface area contributed by atoms with Crippen molar-refractivity contribution in [1.82, 2.24) is 5.32 Å². The van der Waals surface area contributed by atoms with Gasteiger partial charge in [-0.15, -0.1) is 0 Å². The van der Waals surface area contributed by atoms with E-state index in [2.05, 4.69) is 55.7 Å². The molecule has 1 heterocycles. The SMILES string of the molecule is CC(C)(C)c1ccc(NC2CCCC2C2CCCN2)cc1. The molecule has 2 aliphatic rings. The van der Waals surface area contributed by atoms with Crippen LogP contribution in [0.15, 0.2) is 24.3 Å². The fraction of sp³-hybridized carbons (Fsp3) is 0.684. The average molecular weight is 286 g/mol. The summed E-state index contributed by atoms with van der Waals surface area (Å²) in [5.74, 6) is 0.815. The molecule has 0 amide bonds. The van der Waals surface area contributed by atoms with E-state index >= 15 is 0 Å². The Morgan fingerprint density at radius 2 is 1.76 bits per heavy atom. The molecule has 2 heteroatoms. The van der Waals surface area contributed by atoms with E-state index in [4.69, 9.17) is 0 Å². The Bertz CT molecular complexity index is 451. The van der Waals surface area contributed by atoms with Gasteiger partial charge in [-0.1, -0.05) is 39.3 Å². The van der Waals surface area contributed by atoms with Crippen molar-refractivity contribution in [2.24, 2.45) is 5.92 Å². The summed E-state index contributed by atoms with van der Waals surface area (Å²) < 4.78 is 0. The van der Waals surface area contributed by atoms with Crippen molar-refractivity contribution in [3.63, 3.8) is 0 Å². The molecule has 2 nitrogen and oxygen atoms in total. The standard InChI is InChI=1S/C19H30N2/c1-19(2,3)14-9-11-15(12-10-14)21-18-7-4-6-16(18)17-8-5-13-20-17/h9-12,16-18,20-21H,4-8,13H2,1-3H3. The lowest BCUT2D eigenvalue weighted by Gasteiger charge is -2.27. The molecule has 1 aliphatic carbocycles. The van der Waals surface area contributed by atoms with Crippen molar-refractivity contribution in [3.05, 3.63) is 29.8 Å². The zero-order valence-electron chi connectivity index (χ0n) is 13.8. The minimum Gasteiger partial charge on any atom is -0.382 e. The molecule has 1 saturated carbocycles. The minimum absolute atomic E-state index is 0.238. The van der Waals surface area contributed by atoms with Gasteiger partial charge in [0.15, 0.2) is 0 Å². The molecule has 1 saturated heterocycles. The van der Waals surface area contributed by atoms with Gasteiger partial charge in [-0.2, -0.15) is 0 Å². The quantitative estimate of drug-likeness (QED) is 0.865. The molecule has 0 aromatic heterocycles. The van der Waals surface area contributed by atoms with Crippen molar-refractivity contribution >= 4 is 5.69 Å². The summed E-state index contributed by atoms with van der Waals surface area (Å²) in [6, 6.07) is 10.5. The van der Waals surface area contributed by atoms with Gasteiger partial charge in [0.25, 0.3) is 0 Å². The highest BCUT2D eigenvalue weighted by molar-refractivity contribution is 5.47. The van der Waals surface area contributed by atoms with Crippen LogP contribution in [0.3, 0.4) is 0 Å². The summed E-state index contributed by atoms with van der Waals surface area (Å²) in [4.78, 5) is 0. The molecule has 0 radical (unpaired) electrons. The number of nitrogens with one attached hydrogen (secondary N) is 2. The summed E-state index contributed by atoms with van der Waals surface area (Å²) in [5, 5.41) is 7.51. The highest BCUT2D eigenvalue weighted by atomic mass is 15.0. The first-order chi connectivity index (χ1) is 10.0. The Hall–Kier alpha value is -1.02. The van der Waals surface area contributed by atoms with Crippen LogP contribution >= 0.6 is 0 Å². The Morgan fingerprint density at radius 1 is 1.00 bits per heavy atom. The monoisotopic (exact) mass is 286 g/mol. The van der Waals surface area contributed by atoms with Crippen molar-refractivity contribution < 1.29 is 0 Å². The van der Waals surface area contributed by atoms with Crippen LogP contribution in [0.5, 0.6) is 0 Å². The van der Waals surface area contributed by atoms with Gasteiger partial charge in [-0.25, -0.2) is 0 Å². The van der Waals surface area contributed by atoms with Gasteiger partial charge in [-0.3, -0.25) is 0 Å². The molecule has 3 rings (SSSR count). The van der Waals surface area contributed by atoms with Gasteiger partial charge in [-0.05, 0) is 61.3 Å².